The van der Waals surface area contributed by atoms with Crippen LogP contribution in [0.4, 0.5) is 0 Å². The second-order valence-electron chi connectivity index (χ2n) is 4.57. The highest BCUT2D eigenvalue weighted by Gasteiger charge is 2.13. The Morgan fingerprint density at radius 1 is 0.900 bits per heavy atom. The maximum Gasteiger partial charge on any atom is 0.156 e. The number of aromatic nitrogens is 3. The molecule has 0 unspecified atom stereocenters. The molecule has 4 rings (SSSR count). The van der Waals surface area contributed by atoms with E-state index in [4.69, 9.17) is 11.6 Å². The lowest BCUT2D eigenvalue weighted by Gasteiger charge is -2.03. The number of imidazole rings is 1. The second-order valence-corrected chi connectivity index (χ2v) is 4.93. The van der Waals surface area contributed by atoms with Gasteiger partial charge in [-0.3, -0.25) is 4.40 Å². The average Bonchev–Trinajstić information content (AvgIpc) is 2.86. The van der Waals surface area contributed by atoms with Gasteiger partial charge >= 0.3 is 0 Å². The summed E-state index contributed by atoms with van der Waals surface area (Å²) in [4.78, 5) is 8.97. The maximum atomic E-state index is 6.35. The lowest BCUT2D eigenvalue weighted by molar-refractivity contribution is 1.11. The Bertz CT molecular complexity index is 913. The van der Waals surface area contributed by atoms with Crippen LogP contribution in [0.2, 0.25) is 5.15 Å². The van der Waals surface area contributed by atoms with Crippen LogP contribution in [0.3, 0.4) is 0 Å². The Hall–Kier alpha value is -2.39. The standard InChI is InChI=1S/C16H10ClN3/c17-15-14-12-8-4-5-9-13(12)18-10-20(14)16(19-15)11-6-2-1-3-7-11/h1-10H. The van der Waals surface area contributed by atoms with Crippen molar-refractivity contribution in [1.82, 2.24) is 14.4 Å². The zero-order valence-corrected chi connectivity index (χ0v) is 11.2. The summed E-state index contributed by atoms with van der Waals surface area (Å²) in [6.07, 6.45) is 1.78. The predicted molar refractivity (Wildman–Crippen MR) is 80.9 cm³/mol. The molecule has 2 aromatic carbocycles. The number of hydrogen-bond donors (Lipinski definition) is 0. The van der Waals surface area contributed by atoms with Gasteiger partial charge in [0.15, 0.2) is 5.15 Å². The summed E-state index contributed by atoms with van der Waals surface area (Å²) in [6.45, 7) is 0. The molecule has 0 N–H and O–H groups in total. The van der Waals surface area contributed by atoms with E-state index in [9.17, 15) is 0 Å². The molecule has 0 saturated heterocycles. The summed E-state index contributed by atoms with van der Waals surface area (Å²) in [5.74, 6) is 0.809. The molecule has 0 spiro atoms. The highest BCUT2D eigenvalue weighted by Crippen LogP contribution is 2.29. The van der Waals surface area contributed by atoms with Gasteiger partial charge in [-0.15, -0.1) is 0 Å². The van der Waals surface area contributed by atoms with Crippen LogP contribution in [0, 0.1) is 0 Å². The second kappa shape index (κ2) is 4.32. The molecule has 0 amide bonds. The van der Waals surface area contributed by atoms with Crippen molar-refractivity contribution in [2.24, 2.45) is 0 Å². The van der Waals surface area contributed by atoms with Crippen molar-refractivity contribution in [1.29, 1.82) is 0 Å². The third-order valence-corrected chi connectivity index (χ3v) is 3.64. The van der Waals surface area contributed by atoms with Gasteiger partial charge in [0.05, 0.1) is 11.0 Å². The molecule has 4 heteroatoms. The first-order valence-electron chi connectivity index (χ1n) is 6.31. The van der Waals surface area contributed by atoms with Crippen LogP contribution >= 0.6 is 11.6 Å². The molecule has 3 nitrogen and oxygen atoms in total. The highest BCUT2D eigenvalue weighted by atomic mass is 35.5. The monoisotopic (exact) mass is 279 g/mol. The lowest BCUT2D eigenvalue weighted by Crippen LogP contribution is -1.92. The van der Waals surface area contributed by atoms with E-state index in [2.05, 4.69) is 9.97 Å². The topological polar surface area (TPSA) is 30.2 Å². The number of rotatable bonds is 1. The molecular weight excluding hydrogens is 270 g/mol. The van der Waals surface area contributed by atoms with Crippen molar-refractivity contribution in [2.45, 2.75) is 0 Å². The minimum absolute atomic E-state index is 0.502. The van der Waals surface area contributed by atoms with Gasteiger partial charge in [0.1, 0.15) is 12.2 Å². The third-order valence-electron chi connectivity index (χ3n) is 3.37. The fourth-order valence-electron chi connectivity index (χ4n) is 2.46. The maximum absolute atomic E-state index is 6.35. The number of benzene rings is 2. The van der Waals surface area contributed by atoms with Crippen LogP contribution in [0.25, 0.3) is 27.8 Å². The molecule has 0 saturated carbocycles. The summed E-state index contributed by atoms with van der Waals surface area (Å²) in [5, 5.41) is 1.51. The third kappa shape index (κ3) is 1.60. The van der Waals surface area contributed by atoms with Crippen molar-refractivity contribution < 1.29 is 0 Å². The Balaban J connectivity index is 2.13. The zero-order chi connectivity index (χ0) is 13.5. The Labute approximate surface area is 120 Å². The van der Waals surface area contributed by atoms with E-state index in [1.807, 2.05) is 59.0 Å². The van der Waals surface area contributed by atoms with E-state index in [-0.39, 0.29) is 0 Å². The molecule has 0 aliphatic rings. The lowest BCUT2D eigenvalue weighted by atomic mass is 10.2. The molecule has 0 aliphatic carbocycles. The fraction of sp³-hybridized carbons (Fsp3) is 0. The van der Waals surface area contributed by atoms with Gasteiger partial charge < -0.3 is 0 Å². The van der Waals surface area contributed by atoms with E-state index in [1.165, 1.54) is 0 Å². The van der Waals surface area contributed by atoms with Crippen molar-refractivity contribution >= 4 is 28.0 Å². The van der Waals surface area contributed by atoms with Gasteiger partial charge in [-0.1, -0.05) is 60.1 Å². The molecule has 0 bridgehead atoms. The Kier molecular flexibility index (Phi) is 2.47. The van der Waals surface area contributed by atoms with Crippen LogP contribution in [-0.4, -0.2) is 14.4 Å². The van der Waals surface area contributed by atoms with Crippen molar-refractivity contribution in [3.63, 3.8) is 0 Å². The van der Waals surface area contributed by atoms with Gasteiger partial charge in [0.25, 0.3) is 0 Å². The van der Waals surface area contributed by atoms with E-state index in [1.54, 1.807) is 6.33 Å². The smallest absolute Gasteiger partial charge is 0.156 e. The average molecular weight is 280 g/mol. The summed E-state index contributed by atoms with van der Waals surface area (Å²) < 4.78 is 1.94. The quantitative estimate of drug-likeness (QED) is 0.523. The van der Waals surface area contributed by atoms with Crippen molar-refractivity contribution in [3.05, 3.63) is 66.1 Å². The highest BCUT2D eigenvalue weighted by molar-refractivity contribution is 6.34. The van der Waals surface area contributed by atoms with Gasteiger partial charge in [-0.2, -0.15) is 0 Å². The fourth-order valence-corrected chi connectivity index (χ4v) is 2.73. The summed E-state index contributed by atoms with van der Waals surface area (Å²) >= 11 is 6.35. The minimum Gasteiger partial charge on any atom is -0.281 e. The molecular formula is C16H10ClN3. The van der Waals surface area contributed by atoms with Crippen molar-refractivity contribution in [2.75, 3.05) is 0 Å². The Morgan fingerprint density at radius 2 is 1.65 bits per heavy atom. The minimum atomic E-state index is 0.502. The Morgan fingerprint density at radius 3 is 2.50 bits per heavy atom. The van der Waals surface area contributed by atoms with Crippen LogP contribution in [0.5, 0.6) is 0 Å². The first-order chi connectivity index (χ1) is 9.84. The van der Waals surface area contributed by atoms with Crippen molar-refractivity contribution in [3.8, 4) is 11.4 Å². The number of para-hydroxylation sites is 1. The summed E-state index contributed by atoms with van der Waals surface area (Å²) in [7, 11) is 0. The molecule has 20 heavy (non-hydrogen) atoms. The van der Waals surface area contributed by atoms with E-state index in [0.717, 1.165) is 27.8 Å². The molecule has 2 heterocycles. The molecule has 4 aromatic rings. The van der Waals surface area contributed by atoms with Crippen LogP contribution in [0.1, 0.15) is 0 Å². The van der Waals surface area contributed by atoms with E-state index >= 15 is 0 Å². The van der Waals surface area contributed by atoms with E-state index < -0.39 is 0 Å². The normalized spacial score (nSPS) is 11.2. The molecule has 0 fully saturated rings. The summed E-state index contributed by atoms with van der Waals surface area (Å²) in [5.41, 5.74) is 2.84. The molecule has 2 aromatic heterocycles. The number of nitrogens with zero attached hydrogens (tertiary/aromatic N) is 3. The van der Waals surface area contributed by atoms with Gasteiger partial charge in [0, 0.05) is 10.9 Å². The zero-order valence-electron chi connectivity index (χ0n) is 10.5. The molecule has 0 radical (unpaired) electrons. The number of halogens is 1. The van der Waals surface area contributed by atoms with Gasteiger partial charge in [-0.05, 0) is 6.07 Å². The number of fused-ring (bicyclic) bond motifs is 3. The SMILES string of the molecule is Clc1nc(-c2ccccc2)n2cnc3ccccc3c12. The first kappa shape index (κ1) is 11.4. The van der Waals surface area contributed by atoms with Gasteiger partial charge in [-0.25, -0.2) is 9.97 Å². The largest absolute Gasteiger partial charge is 0.281 e. The summed E-state index contributed by atoms with van der Waals surface area (Å²) in [6, 6.07) is 17.9. The van der Waals surface area contributed by atoms with E-state index in [0.29, 0.717) is 5.15 Å². The van der Waals surface area contributed by atoms with Gasteiger partial charge in [0.2, 0.25) is 0 Å². The van der Waals surface area contributed by atoms with Crippen LogP contribution in [-0.2, 0) is 0 Å². The molecule has 0 aliphatic heterocycles. The van der Waals surface area contributed by atoms with Crippen LogP contribution < -0.4 is 0 Å². The first-order valence-corrected chi connectivity index (χ1v) is 6.69. The van der Waals surface area contributed by atoms with Crippen LogP contribution in [0.15, 0.2) is 60.9 Å². The number of hydrogen-bond acceptors (Lipinski definition) is 2. The molecule has 0 atom stereocenters. The molecule has 96 valence electrons. The predicted octanol–water partition coefficient (Wildman–Crippen LogP) is 4.20.